The average molecular weight is 243 g/mol. The summed E-state index contributed by atoms with van der Waals surface area (Å²) in [5.41, 5.74) is 3.25. The molecule has 1 unspecified atom stereocenters. The van der Waals surface area contributed by atoms with E-state index in [9.17, 15) is 4.39 Å². The van der Waals surface area contributed by atoms with Gasteiger partial charge in [-0.15, -0.1) is 0 Å². The second-order valence-corrected chi connectivity index (χ2v) is 4.48. The predicted octanol–water partition coefficient (Wildman–Crippen LogP) is 3.54. The number of methoxy groups -OCH3 is 1. The minimum absolute atomic E-state index is 0.175. The molecule has 18 heavy (non-hydrogen) atoms. The van der Waals surface area contributed by atoms with Gasteiger partial charge >= 0.3 is 0 Å². The van der Waals surface area contributed by atoms with Crippen LogP contribution in [0.3, 0.4) is 0 Å². The molecule has 2 nitrogen and oxygen atoms in total. The van der Waals surface area contributed by atoms with E-state index in [-0.39, 0.29) is 11.9 Å². The van der Waals surface area contributed by atoms with Crippen LogP contribution < -0.4 is 10.1 Å². The van der Waals surface area contributed by atoms with Crippen LogP contribution >= 0.6 is 0 Å². The molecule has 0 aliphatic carbocycles. The first-order chi connectivity index (χ1) is 8.76. The van der Waals surface area contributed by atoms with Crippen molar-refractivity contribution in [2.24, 2.45) is 0 Å². The normalized spacial score (nSPS) is 17.1. The van der Waals surface area contributed by atoms with Crippen molar-refractivity contribution in [3.05, 3.63) is 59.4 Å². The summed E-state index contributed by atoms with van der Waals surface area (Å²) >= 11 is 0. The van der Waals surface area contributed by atoms with E-state index in [1.54, 1.807) is 19.2 Å². The van der Waals surface area contributed by atoms with Crippen LogP contribution in [0.15, 0.2) is 42.5 Å². The zero-order valence-corrected chi connectivity index (χ0v) is 10.1. The summed E-state index contributed by atoms with van der Waals surface area (Å²) in [5.74, 6) is 0.672. The Bertz CT molecular complexity index is 565. The van der Waals surface area contributed by atoms with Gasteiger partial charge in [0.25, 0.3) is 0 Å². The highest BCUT2D eigenvalue weighted by atomic mass is 19.1. The van der Waals surface area contributed by atoms with Gasteiger partial charge in [0.1, 0.15) is 11.6 Å². The van der Waals surface area contributed by atoms with Crippen molar-refractivity contribution in [1.29, 1.82) is 0 Å². The van der Waals surface area contributed by atoms with E-state index in [2.05, 4.69) is 5.32 Å². The third kappa shape index (κ3) is 1.92. The lowest BCUT2D eigenvalue weighted by molar-refractivity contribution is 0.414. The summed E-state index contributed by atoms with van der Waals surface area (Å²) in [4.78, 5) is 0. The molecule has 3 rings (SSSR count). The molecule has 0 amide bonds. The summed E-state index contributed by atoms with van der Waals surface area (Å²) < 4.78 is 18.3. The highest BCUT2D eigenvalue weighted by molar-refractivity contribution is 5.58. The fraction of sp³-hybridized carbons (Fsp3) is 0.200. The lowest BCUT2D eigenvalue weighted by Gasteiger charge is -2.12. The number of anilines is 1. The molecule has 1 N–H and O–H groups in total. The van der Waals surface area contributed by atoms with Crippen molar-refractivity contribution >= 4 is 5.69 Å². The van der Waals surface area contributed by atoms with Crippen LogP contribution in [-0.4, -0.2) is 7.11 Å². The molecule has 1 aliphatic rings. The van der Waals surface area contributed by atoms with Crippen molar-refractivity contribution in [3.63, 3.8) is 0 Å². The monoisotopic (exact) mass is 243 g/mol. The molecule has 0 fully saturated rings. The third-order valence-electron chi connectivity index (χ3n) is 3.34. The van der Waals surface area contributed by atoms with Gasteiger partial charge in [-0.25, -0.2) is 4.39 Å². The van der Waals surface area contributed by atoms with Gasteiger partial charge < -0.3 is 10.1 Å². The SMILES string of the molecule is COc1ccc(C2Cc3cc(F)ccc3N2)cc1. The van der Waals surface area contributed by atoms with Crippen LogP contribution in [0.2, 0.25) is 0 Å². The fourth-order valence-corrected chi connectivity index (χ4v) is 2.37. The summed E-state index contributed by atoms with van der Waals surface area (Å²) in [6, 6.07) is 13.1. The summed E-state index contributed by atoms with van der Waals surface area (Å²) in [6.45, 7) is 0. The van der Waals surface area contributed by atoms with Crippen LogP contribution in [0.1, 0.15) is 17.2 Å². The lowest BCUT2D eigenvalue weighted by Crippen LogP contribution is -2.05. The highest BCUT2D eigenvalue weighted by Crippen LogP contribution is 2.34. The van der Waals surface area contributed by atoms with E-state index in [0.29, 0.717) is 0 Å². The van der Waals surface area contributed by atoms with Crippen LogP contribution in [0.5, 0.6) is 5.75 Å². The van der Waals surface area contributed by atoms with Crippen molar-refractivity contribution in [2.75, 3.05) is 12.4 Å². The largest absolute Gasteiger partial charge is 0.497 e. The lowest BCUT2D eigenvalue weighted by atomic mass is 10.0. The van der Waals surface area contributed by atoms with Crippen molar-refractivity contribution in [2.45, 2.75) is 12.5 Å². The van der Waals surface area contributed by atoms with Gasteiger partial charge in [-0.05, 0) is 47.9 Å². The van der Waals surface area contributed by atoms with E-state index in [1.165, 1.54) is 11.6 Å². The van der Waals surface area contributed by atoms with Crippen LogP contribution in [0.4, 0.5) is 10.1 Å². The quantitative estimate of drug-likeness (QED) is 0.871. The first-order valence-electron chi connectivity index (χ1n) is 5.95. The molecule has 3 heteroatoms. The first-order valence-corrected chi connectivity index (χ1v) is 5.95. The summed E-state index contributed by atoms with van der Waals surface area (Å²) in [5, 5.41) is 3.41. The summed E-state index contributed by atoms with van der Waals surface area (Å²) in [6.07, 6.45) is 0.819. The van der Waals surface area contributed by atoms with Crippen molar-refractivity contribution < 1.29 is 9.13 Å². The molecule has 92 valence electrons. The van der Waals surface area contributed by atoms with Gasteiger partial charge in [0.15, 0.2) is 0 Å². The number of fused-ring (bicyclic) bond motifs is 1. The van der Waals surface area contributed by atoms with E-state index in [4.69, 9.17) is 4.74 Å². The zero-order chi connectivity index (χ0) is 12.5. The van der Waals surface area contributed by atoms with E-state index >= 15 is 0 Å². The van der Waals surface area contributed by atoms with Gasteiger partial charge in [0, 0.05) is 5.69 Å². The minimum atomic E-state index is -0.175. The molecule has 0 spiro atoms. The fourth-order valence-electron chi connectivity index (χ4n) is 2.37. The summed E-state index contributed by atoms with van der Waals surface area (Å²) in [7, 11) is 1.65. The molecule has 0 saturated carbocycles. The Balaban J connectivity index is 1.84. The maximum atomic E-state index is 13.1. The predicted molar refractivity (Wildman–Crippen MR) is 69.5 cm³/mol. The minimum Gasteiger partial charge on any atom is -0.497 e. The number of halogens is 1. The smallest absolute Gasteiger partial charge is 0.123 e. The Kier molecular flexibility index (Phi) is 2.67. The Morgan fingerprint density at radius 3 is 2.67 bits per heavy atom. The van der Waals surface area contributed by atoms with Gasteiger partial charge in [-0.1, -0.05) is 12.1 Å². The molecular formula is C15H14FNO. The molecule has 1 aliphatic heterocycles. The molecular weight excluding hydrogens is 229 g/mol. The molecule has 0 radical (unpaired) electrons. The van der Waals surface area contributed by atoms with E-state index in [0.717, 1.165) is 23.4 Å². The third-order valence-corrected chi connectivity index (χ3v) is 3.34. The van der Waals surface area contributed by atoms with Gasteiger partial charge in [0.05, 0.1) is 13.2 Å². The Hall–Kier alpha value is -2.03. The second kappa shape index (κ2) is 4.33. The zero-order valence-electron chi connectivity index (χ0n) is 10.1. The van der Waals surface area contributed by atoms with Gasteiger partial charge in [0.2, 0.25) is 0 Å². The molecule has 1 heterocycles. The molecule has 0 aromatic heterocycles. The Labute approximate surface area is 105 Å². The number of ether oxygens (including phenoxy) is 1. The van der Waals surface area contributed by atoms with Crippen LogP contribution in [0, 0.1) is 5.82 Å². The standard InChI is InChI=1S/C15H14FNO/c1-18-13-5-2-10(3-6-13)15-9-11-8-12(16)4-7-14(11)17-15/h2-8,15,17H,9H2,1H3. The van der Waals surface area contributed by atoms with Gasteiger partial charge in [-0.3, -0.25) is 0 Å². The first kappa shape index (κ1) is 11.1. The number of rotatable bonds is 2. The molecule has 2 aromatic carbocycles. The topological polar surface area (TPSA) is 21.3 Å². The van der Waals surface area contributed by atoms with Crippen molar-refractivity contribution in [3.8, 4) is 5.75 Å². The number of hydrogen-bond acceptors (Lipinski definition) is 2. The number of hydrogen-bond donors (Lipinski definition) is 1. The number of nitrogens with one attached hydrogen (secondary N) is 1. The molecule has 1 atom stereocenters. The molecule has 0 saturated heterocycles. The molecule has 0 bridgehead atoms. The Morgan fingerprint density at radius 1 is 1.17 bits per heavy atom. The van der Waals surface area contributed by atoms with Gasteiger partial charge in [-0.2, -0.15) is 0 Å². The van der Waals surface area contributed by atoms with Crippen LogP contribution in [-0.2, 0) is 6.42 Å². The molecule has 2 aromatic rings. The second-order valence-electron chi connectivity index (χ2n) is 4.48. The van der Waals surface area contributed by atoms with E-state index < -0.39 is 0 Å². The maximum Gasteiger partial charge on any atom is 0.123 e. The van der Waals surface area contributed by atoms with Crippen LogP contribution in [0.25, 0.3) is 0 Å². The van der Waals surface area contributed by atoms with Crippen molar-refractivity contribution in [1.82, 2.24) is 0 Å². The maximum absolute atomic E-state index is 13.1. The average Bonchev–Trinajstić information content (AvgIpc) is 2.81. The number of benzene rings is 2. The highest BCUT2D eigenvalue weighted by Gasteiger charge is 2.22. The Morgan fingerprint density at radius 2 is 1.94 bits per heavy atom. The van der Waals surface area contributed by atoms with E-state index in [1.807, 2.05) is 24.3 Å².